The minimum atomic E-state index is -0.380. The molecule has 0 radical (unpaired) electrons. The number of nitrogens with zero attached hydrogens (tertiary/aromatic N) is 1. The first-order valence-electron chi connectivity index (χ1n) is 6.27. The van der Waals surface area contributed by atoms with Gasteiger partial charge in [-0.15, -0.1) is 0 Å². The molecule has 2 rings (SSSR count). The zero-order chi connectivity index (χ0) is 11.5. The van der Waals surface area contributed by atoms with E-state index in [9.17, 15) is 5.11 Å². The van der Waals surface area contributed by atoms with E-state index in [0.29, 0.717) is 6.04 Å². The van der Waals surface area contributed by atoms with Crippen molar-refractivity contribution in [2.45, 2.75) is 45.3 Å². The Morgan fingerprint density at radius 3 is 2.62 bits per heavy atom. The summed E-state index contributed by atoms with van der Waals surface area (Å²) in [4.78, 5) is 2.46. The summed E-state index contributed by atoms with van der Waals surface area (Å²) < 4.78 is 0. The molecule has 0 bridgehead atoms. The van der Waals surface area contributed by atoms with Crippen molar-refractivity contribution in [2.75, 3.05) is 11.4 Å². The Labute approximate surface area is 97.9 Å². The second-order valence-electron chi connectivity index (χ2n) is 4.66. The molecule has 0 saturated heterocycles. The van der Waals surface area contributed by atoms with Crippen molar-refractivity contribution < 1.29 is 5.11 Å². The van der Waals surface area contributed by atoms with Gasteiger partial charge in [-0.1, -0.05) is 25.1 Å². The summed E-state index contributed by atoms with van der Waals surface area (Å²) in [5, 5.41) is 9.80. The van der Waals surface area contributed by atoms with Crippen LogP contribution in [-0.2, 0) is 0 Å². The van der Waals surface area contributed by atoms with Crippen LogP contribution < -0.4 is 4.90 Å². The molecule has 1 saturated carbocycles. The van der Waals surface area contributed by atoms with Crippen LogP contribution in [0.5, 0.6) is 0 Å². The number of hydrogen-bond donors (Lipinski definition) is 1. The molecule has 16 heavy (non-hydrogen) atoms. The van der Waals surface area contributed by atoms with Crippen LogP contribution in [-0.4, -0.2) is 17.7 Å². The first kappa shape index (κ1) is 11.5. The first-order chi connectivity index (χ1) is 7.74. The number of hydrogen-bond acceptors (Lipinski definition) is 2. The topological polar surface area (TPSA) is 23.5 Å². The number of para-hydroxylation sites is 1. The first-order valence-corrected chi connectivity index (χ1v) is 6.27. The lowest BCUT2D eigenvalue weighted by Gasteiger charge is -2.27. The SMILES string of the molecule is CCCN(c1ccccc1[C@H](C)O)C1CC1. The van der Waals surface area contributed by atoms with Gasteiger partial charge in [-0.25, -0.2) is 0 Å². The third kappa shape index (κ3) is 2.38. The molecular weight excluding hydrogens is 198 g/mol. The second kappa shape index (κ2) is 4.88. The lowest BCUT2D eigenvalue weighted by atomic mass is 10.1. The quantitative estimate of drug-likeness (QED) is 0.822. The minimum Gasteiger partial charge on any atom is -0.389 e. The predicted molar refractivity (Wildman–Crippen MR) is 67.7 cm³/mol. The van der Waals surface area contributed by atoms with Crippen molar-refractivity contribution >= 4 is 5.69 Å². The fraction of sp³-hybridized carbons (Fsp3) is 0.571. The van der Waals surface area contributed by atoms with Crippen molar-refractivity contribution in [3.05, 3.63) is 29.8 Å². The Kier molecular flexibility index (Phi) is 3.49. The van der Waals surface area contributed by atoms with Gasteiger partial charge in [-0.05, 0) is 32.3 Å². The van der Waals surface area contributed by atoms with Gasteiger partial charge in [0, 0.05) is 23.8 Å². The number of rotatable bonds is 5. The average molecular weight is 219 g/mol. The summed E-state index contributed by atoms with van der Waals surface area (Å²) in [6.07, 6.45) is 3.38. The molecule has 0 aromatic heterocycles. The maximum atomic E-state index is 9.80. The number of anilines is 1. The highest BCUT2D eigenvalue weighted by atomic mass is 16.3. The van der Waals surface area contributed by atoms with E-state index < -0.39 is 0 Å². The number of aliphatic hydroxyl groups is 1. The van der Waals surface area contributed by atoms with Crippen LogP contribution in [0.4, 0.5) is 5.69 Å². The molecule has 1 aliphatic carbocycles. The van der Waals surface area contributed by atoms with Crippen molar-refractivity contribution in [1.29, 1.82) is 0 Å². The molecule has 2 heteroatoms. The van der Waals surface area contributed by atoms with E-state index in [0.717, 1.165) is 18.5 Å². The molecule has 0 heterocycles. The monoisotopic (exact) mass is 219 g/mol. The summed E-state index contributed by atoms with van der Waals surface area (Å²) in [6, 6.07) is 8.94. The molecule has 0 spiro atoms. The van der Waals surface area contributed by atoms with E-state index in [4.69, 9.17) is 0 Å². The van der Waals surface area contributed by atoms with Crippen LogP contribution in [0, 0.1) is 0 Å². The molecule has 2 nitrogen and oxygen atoms in total. The van der Waals surface area contributed by atoms with E-state index in [1.54, 1.807) is 0 Å². The third-order valence-corrected chi connectivity index (χ3v) is 3.15. The second-order valence-corrected chi connectivity index (χ2v) is 4.66. The molecule has 1 atom stereocenters. The minimum absolute atomic E-state index is 0.380. The van der Waals surface area contributed by atoms with Gasteiger partial charge in [0.1, 0.15) is 0 Å². The largest absolute Gasteiger partial charge is 0.389 e. The molecule has 1 aromatic rings. The lowest BCUT2D eigenvalue weighted by Crippen LogP contribution is -2.27. The van der Waals surface area contributed by atoms with Crippen molar-refractivity contribution in [1.82, 2.24) is 0 Å². The summed E-state index contributed by atoms with van der Waals surface area (Å²) in [7, 11) is 0. The summed E-state index contributed by atoms with van der Waals surface area (Å²) in [5.41, 5.74) is 2.28. The molecule has 88 valence electrons. The number of benzene rings is 1. The summed E-state index contributed by atoms with van der Waals surface area (Å²) in [5.74, 6) is 0. The maximum Gasteiger partial charge on any atom is 0.0781 e. The van der Waals surface area contributed by atoms with E-state index in [1.807, 2.05) is 19.1 Å². The third-order valence-electron chi connectivity index (χ3n) is 3.15. The zero-order valence-corrected chi connectivity index (χ0v) is 10.2. The van der Waals surface area contributed by atoms with Gasteiger partial charge in [-0.3, -0.25) is 0 Å². The highest BCUT2D eigenvalue weighted by molar-refractivity contribution is 5.56. The highest BCUT2D eigenvalue weighted by Gasteiger charge is 2.30. The molecule has 1 aromatic carbocycles. The Balaban J connectivity index is 2.28. The van der Waals surface area contributed by atoms with Crippen molar-refractivity contribution in [3.63, 3.8) is 0 Å². The van der Waals surface area contributed by atoms with E-state index in [2.05, 4.69) is 24.0 Å². The highest BCUT2D eigenvalue weighted by Crippen LogP contribution is 2.35. The van der Waals surface area contributed by atoms with E-state index in [-0.39, 0.29) is 6.10 Å². The maximum absolute atomic E-state index is 9.80. The Morgan fingerprint density at radius 1 is 1.38 bits per heavy atom. The number of aliphatic hydroxyl groups excluding tert-OH is 1. The van der Waals surface area contributed by atoms with Gasteiger partial charge in [0.2, 0.25) is 0 Å². The van der Waals surface area contributed by atoms with E-state index >= 15 is 0 Å². The fourth-order valence-corrected chi connectivity index (χ4v) is 2.23. The van der Waals surface area contributed by atoms with Crippen LogP contribution >= 0.6 is 0 Å². The van der Waals surface area contributed by atoms with Crippen LogP contribution in [0.2, 0.25) is 0 Å². The smallest absolute Gasteiger partial charge is 0.0781 e. The van der Waals surface area contributed by atoms with Gasteiger partial charge < -0.3 is 10.0 Å². The summed E-state index contributed by atoms with van der Waals surface area (Å²) >= 11 is 0. The molecule has 1 aliphatic rings. The Hall–Kier alpha value is -1.02. The Morgan fingerprint density at radius 2 is 2.06 bits per heavy atom. The lowest BCUT2D eigenvalue weighted by molar-refractivity contribution is 0.199. The molecule has 1 fully saturated rings. The predicted octanol–water partition coefficient (Wildman–Crippen LogP) is 3.12. The van der Waals surface area contributed by atoms with Gasteiger partial charge in [0.25, 0.3) is 0 Å². The molecule has 0 amide bonds. The van der Waals surface area contributed by atoms with Crippen LogP contribution in [0.25, 0.3) is 0 Å². The molecular formula is C14H21NO. The summed E-state index contributed by atoms with van der Waals surface area (Å²) in [6.45, 7) is 5.14. The average Bonchev–Trinajstić information content (AvgIpc) is 3.10. The van der Waals surface area contributed by atoms with Gasteiger partial charge in [0.05, 0.1) is 6.10 Å². The van der Waals surface area contributed by atoms with Crippen molar-refractivity contribution in [2.24, 2.45) is 0 Å². The fourth-order valence-electron chi connectivity index (χ4n) is 2.23. The molecule has 0 aliphatic heterocycles. The van der Waals surface area contributed by atoms with Gasteiger partial charge in [0.15, 0.2) is 0 Å². The Bertz CT molecular complexity index is 344. The van der Waals surface area contributed by atoms with Crippen LogP contribution in [0.1, 0.15) is 44.8 Å². The standard InChI is InChI=1S/C14H21NO/c1-3-10-15(12-8-9-12)14-7-5-4-6-13(14)11(2)16/h4-7,11-12,16H,3,8-10H2,1-2H3/t11-/m0/s1. The molecule has 1 N–H and O–H groups in total. The normalized spacial score (nSPS) is 17.2. The van der Waals surface area contributed by atoms with Gasteiger partial charge in [-0.2, -0.15) is 0 Å². The van der Waals surface area contributed by atoms with E-state index in [1.165, 1.54) is 18.5 Å². The van der Waals surface area contributed by atoms with Crippen molar-refractivity contribution in [3.8, 4) is 0 Å². The van der Waals surface area contributed by atoms with Crippen LogP contribution in [0.3, 0.4) is 0 Å². The molecule has 0 unspecified atom stereocenters. The van der Waals surface area contributed by atoms with Gasteiger partial charge >= 0.3 is 0 Å². The zero-order valence-electron chi connectivity index (χ0n) is 10.2. The van der Waals surface area contributed by atoms with Crippen LogP contribution in [0.15, 0.2) is 24.3 Å².